The van der Waals surface area contributed by atoms with Crippen LogP contribution in [-0.4, -0.2) is 57.4 Å². The van der Waals surface area contributed by atoms with Crippen LogP contribution in [0.3, 0.4) is 0 Å². The van der Waals surface area contributed by atoms with E-state index in [-0.39, 0.29) is 4.90 Å². The fourth-order valence-corrected chi connectivity index (χ4v) is 5.11. The summed E-state index contributed by atoms with van der Waals surface area (Å²) in [5.74, 6) is -1.09. The molecule has 0 bridgehead atoms. The maximum Gasteiger partial charge on any atom is 0.338 e. The summed E-state index contributed by atoms with van der Waals surface area (Å²) in [6.45, 7) is 6.48. The summed E-state index contributed by atoms with van der Waals surface area (Å²) in [7, 11) is -3.50. The average molecular weight is 460 g/mol. The van der Waals surface area contributed by atoms with E-state index in [2.05, 4.69) is 24.1 Å². The molecule has 3 rings (SSSR count). The lowest BCUT2D eigenvalue weighted by Gasteiger charge is -2.20. The number of hydrogen-bond donors (Lipinski definition) is 1. The zero-order valence-electron chi connectivity index (χ0n) is 18.4. The van der Waals surface area contributed by atoms with Gasteiger partial charge in [0.25, 0.3) is 5.91 Å². The summed E-state index contributed by atoms with van der Waals surface area (Å²) < 4.78 is 31.7. The molecule has 0 spiro atoms. The predicted octanol–water partition coefficient (Wildman–Crippen LogP) is 3.11. The summed E-state index contributed by atoms with van der Waals surface area (Å²) in [6, 6.07) is 13.0. The number of nitrogens with one attached hydrogen (secondary N) is 1. The molecule has 0 radical (unpaired) electrons. The SMILES string of the molecule is CCN(CC)c1ccc(C(=O)OCC(=O)Nc2ccc(S(=O)(=O)N3CCCC3)cc2)cc1. The summed E-state index contributed by atoms with van der Waals surface area (Å²) in [6.07, 6.45) is 1.73. The average Bonchev–Trinajstić information content (AvgIpc) is 3.35. The van der Waals surface area contributed by atoms with Crippen LogP contribution in [0.4, 0.5) is 11.4 Å². The van der Waals surface area contributed by atoms with Crippen molar-refractivity contribution in [1.82, 2.24) is 4.31 Å². The minimum absolute atomic E-state index is 0.192. The normalized spacial score (nSPS) is 14.2. The van der Waals surface area contributed by atoms with E-state index in [9.17, 15) is 18.0 Å². The van der Waals surface area contributed by atoms with Gasteiger partial charge in [0.1, 0.15) is 0 Å². The van der Waals surface area contributed by atoms with Gasteiger partial charge < -0.3 is 15.0 Å². The number of sulfonamides is 1. The van der Waals surface area contributed by atoms with E-state index in [0.717, 1.165) is 31.6 Å². The second-order valence-corrected chi connectivity index (χ2v) is 9.42. The number of hydrogen-bond acceptors (Lipinski definition) is 6. The van der Waals surface area contributed by atoms with E-state index in [1.165, 1.54) is 28.6 Å². The molecule has 1 N–H and O–H groups in total. The van der Waals surface area contributed by atoms with Gasteiger partial charge >= 0.3 is 5.97 Å². The molecule has 0 atom stereocenters. The minimum Gasteiger partial charge on any atom is -0.452 e. The molecule has 1 saturated heterocycles. The van der Waals surface area contributed by atoms with Crippen LogP contribution in [-0.2, 0) is 19.6 Å². The van der Waals surface area contributed by atoms with Gasteiger partial charge in [0, 0.05) is 37.6 Å². The largest absolute Gasteiger partial charge is 0.452 e. The molecule has 9 heteroatoms. The lowest BCUT2D eigenvalue weighted by molar-refractivity contribution is -0.119. The van der Waals surface area contributed by atoms with Gasteiger partial charge in [-0.1, -0.05) is 0 Å². The third kappa shape index (κ3) is 5.66. The standard InChI is InChI=1S/C23H29N3O5S/c1-3-25(4-2)20-11-7-18(8-12-20)23(28)31-17-22(27)24-19-9-13-21(14-10-19)32(29,30)26-15-5-6-16-26/h7-14H,3-6,15-17H2,1-2H3,(H,24,27). The molecule has 8 nitrogen and oxygen atoms in total. The van der Waals surface area contributed by atoms with Crippen molar-refractivity contribution >= 4 is 33.3 Å². The van der Waals surface area contributed by atoms with Crippen molar-refractivity contribution in [1.29, 1.82) is 0 Å². The highest BCUT2D eigenvalue weighted by molar-refractivity contribution is 7.89. The summed E-state index contributed by atoms with van der Waals surface area (Å²) in [4.78, 5) is 26.7. The molecule has 172 valence electrons. The molecule has 1 amide bonds. The summed E-state index contributed by atoms with van der Waals surface area (Å²) >= 11 is 0. The second kappa shape index (κ2) is 10.6. The van der Waals surface area contributed by atoms with Crippen molar-refractivity contribution in [2.24, 2.45) is 0 Å². The number of carbonyl (C=O) groups excluding carboxylic acids is 2. The third-order valence-corrected chi connectivity index (χ3v) is 7.32. The van der Waals surface area contributed by atoms with Gasteiger partial charge in [0.15, 0.2) is 6.61 Å². The topological polar surface area (TPSA) is 96.0 Å². The minimum atomic E-state index is -3.50. The molecule has 0 unspecified atom stereocenters. The van der Waals surface area contributed by atoms with Crippen LogP contribution in [0, 0.1) is 0 Å². The number of amides is 1. The van der Waals surface area contributed by atoms with Crippen LogP contribution < -0.4 is 10.2 Å². The Morgan fingerprint density at radius 1 is 0.969 bits per heavy atom. The number of rotatable bonds is 9. The molecular formula is C23H29N3O5S. The van der Waals surface area contributed by atoms with Crippen LogP contribution in [0.15, 0.2) is 53.4 Å². The van der Waals surface area contributed by atoms with Gasteiger partial charge in [-0.15, -0.1) is 0 Å². The second-order valence-electron chi connectivity index (χ2n) is 7.48. The van der Waals surface area contributed by atoms with Gasteiger partial charge in [-0.2, -0.15) is 4.31 Å². The molecular weight excluding hydrogens is 430 g/mol. The molecule has 0 saturated carbocycles. The Morgan fingerprint density at radius 2 is 1.56 bits per heavy atom. The fraction of sp³-hybridized carbons (Fsp3) is 0.391. The first-order valence-electron chi connectivity index (χ1n) is 10.8. The van der Waals surface area contributed by atoms with Gasteiger partial charge in [-0.25, -0.2) is 13.2 Å². The van der Waals surface area contributed by atoms with Gasteiger partial charge in [0.2, 0.25) is 10.0 Å². The smallest absolute Gasteiger partial charge is 0.338 e. The monoisotopic (exact) mass is 459 g/mol. The number of esters is 1. The molecule has 1 heterocycles. The number of carbonyl (C=O) groups is 2. The number of nitrogens with zero attached hydrogens (tertiary/aromatic N) is 2. The molecule has 1 aliphatic rings. The maximum absolute atomic E-state index is 12.6. The van der Waals surface area contributed by atoms with Crippen molar-refractivity contribution in [2.75, 3.05) is 43.0 Å². The molecule has 32 heavy (non-hydrogen) atoms. The van der Waals surface area contributed by atoms with Crippen molar-refractivity contribution in [3.63, 3.8) is 0 Å². The maximum atomic E-state index is 12.6. The van der Waals surface area contributed by atoms with Gasteiger partial charge in [-0.3, -0.25) is 4.79 Å². The predicted molar refractivity (Wildman–Crippen MR) is 123 cm³/mol. The lowest BCUT2D eigenvalue weighted by atomic mass is 10.2. The van der Waals surface area contributed by atoms with Crippen LogP contribution in [0.2, 0.25) is 0 Å². The molecule has 2 aromatic carbocycles. The van der Waals surface area contributed by atoms with Crippen molar-refractivity contribution in [3.8, 4) is 0 Å². The van der Waals surface area contributed by atoms with Crippen molar-refractivity contribution < 1.29 is 22.7 Å². The van der Waals surface area contributed by atoms with Crippen molar-refractivity contribution in [2.45, 2.75) is 31.6 Å². The summed E-state index contributed by atoms with van der Waals surface area (Å²) in [5.41, 5.74) is 1.81. The first-order valence-corrected chi connectivity index (χ1v) is 12.2. The van der Waals surface area contributed by atoms with E-state index in [4.69, 9.17) is 4.74 Å². The summed E-state index contributed by atoms with van der Waals surface area (Å²) in [5, 5.41) is 2.60. The Balaban J connectivity index is 1.52. The lowest BCUT2D eigenvalue weighted by Crippen LogP contribution is -2.27. The number of ether oxygens (including phenoxy) is 1. The quantitative estimate of drug-likeness (QED) is 0.579. The van der Waals surface area contributed by atoms with E-state index in [1.807, 2.05) is 12.1 Å². The first-order chi connectivity index (χ1) is 15.3. The zero-order valence-corrected chi connectivity index (χ0v) is 19.2. The van der Waals surface area contributed by atoms with E-state index in [0.29, 0.717) is 24.3 Å². The third-order valence-electron chi connectivity index (χ3n) is 5.41. The molecule has 0 aromatic heterocycles. The first kappa shape index (κ1) is 23.7. The molecule has 0 aliphatic carbocycles. The van der Waals surface area contributed by atoms with Crippen molar-refractivity contribution in [3.05, 3.63) is 54.1 Å². The Labute approximate surface area is 189 Å². The van der Waals surface area contributed by atoms with E-state index in [1.54, 1.807) is 12.1 Å². The molecule has 2 aromatic rings. The Kier molecular flexibility index (Phi) is 7.87. The van der Waals surface area contributed by atoms with Gasteiger partial charge in [-0.05, 0) is 75.2 Å². The number of benzene rings is 2. The Morgan fingerprint density at radius 3 is 2.12 bits per heavy atom. The highest BCUT2D eigenvalue weighted by atomic mass is 32.2. The van der Waals surface area contributed by atoms with E-state index >= 15 is 0 Å². The number of anilines is 2. The van der Waals surface area contributed by atoms with Gasteiger partial charge in [0.05, 0.1) is 10.5 Å². The van der Waals surface area contributed by atoms with Crippen LogP contribution in [0.5, 0.6) is 0 Å². The Bertz CT molecular complexity index is 1030. The highest BCUT2D eigenvalue weighted by Gasteiger charge is 2.27. The molecule has 1 aliphatic heterocycles. The zero-order chi connectivity index (χ0) is 23.1. The molecule has 1 fully saturated rings. The van der Waals surface area contributed by atoms with Crippen LogP contribution >= 0.6 is 0 Å². The van der Waals surface area contributed by atoms with E-state index < -0.39 is 28.5 Å². The van der Waals surface area contributed by atoms with Crippen LogP contribution in [0.1, 0.15) is 37.0 Å². The highest BCUT2D eigenvalue weighted by Crippen LogP contribution is 2.22. The van der Waals surface area contributed by atoms with Crippen LogP contribution in [0.25, 0.3) is 0 Å². The fourth-order valence-electron chi connectivity index (χ4n) is 3.60. The Hall–Kier alpha value is -2.91.